The number of nitrogens with one attached hydrogen (secondary N) is 2. The molecule has 2 saturated heterocycles. The number of anilines is 1. The van der Waals surface area contributed by atoms with Crippen LogP contribution in [0.15, 0.2) is 24.3 Å². The quantitative estimate of drug-likeness (QED) is 0.846. The Morgan fingerprint density at radius 3 is 2.81 bits per heavy atom. The number of benzene rings is 1. The van der Waals surface area contributed by atoms with Gasteiger partial charge in [0, 0.05) is 25.1 Å². The van der Waals surface area contributed by atoms with E-state index in [0.717, 1.165) is 51.4 Å². The van der Waals surface area contributed by atoms with Gasteiger partial charge in [0.05, 0.1) is 0 Å². The van der Waals surface area contributed by atoms with Gasteiger partial charge in [0.1, 0.15) is 0 Å². The Morgan fingerprint density at radius 1 is 1.26 bits per heavy atom. The molecule has 0 atom stereocenters. The second-order valence-electron chi connectivity index (χ2n) is 7.58. The van der Waals surface area contributed by atoms with Gasteiger partial charge in [-0.05, 0) is 69.6 Å². The third kappa shape index (κ3) is 4.36. The number of carbonyl (C=O) groups is 1. The summed E-state index contributed by atoms with van der Waals surface area (Å²) in [5.41, 5.74) is 1.84. The Kier molecular flexibility index (Phi) is 5.50. The molecule has 144 valence electrons. The molecule has 7 heteroatoms. The zero-order chi connectivity index (χ0) is 18.6. The first-order valence-corrected chi connectivity index (χ1v) is 9.93. The van der Waals surface area contributed by atoms with Gasteiger partial charge in [-0.3, -0.25) is 15.0 Å². The van der Waals surface area contributed by atoms with Gasteiger partial charge in [-0.15, -0.1) is 0 Å². The van der Waals surface area contributed by atoms with E-state index in [-0.39, 0.29) is 5.91 Å². The summed E-state index contributed by atoms with van der Waals surface area (Å²) in [6.45, 7) is 5.19. The molecular weight excluding hydrogens is 340 g/mol. The summed E-state index contributed by atoms with van der Waals surface area (Å²) in [7, 11) is 1.83. The number of amides is 1. The van der Waals surface area contributed by atoms with Crippen molar-refractivity contribution in [3.63, 3.8) is 0 Å². The molecule has 2 aliphatic rings. The molecule has 2 fully saturated rings. The molecule has 2 N–H and O–H groups in total. The molecule has 0 spiro atoms. The highest BCUT2D eigenvalue weighted by Gasteiger charge is 2.21. The number of hydrogen-bond donors (Lipinski definition) is 2. The molecule has 4 rings (SSSR count). The van der Waals surface area contributed by atoms with Crippen molar-refractivity contribution in [3.05, 3.63) is 41.2 Å². The second kappa shape index (κ2) is 8.19. The fourth-order valence-corrected chi connectivity index (χ4v) is 3.95. The predicted octanol–water partition coefficient (Wildman–Crippen LogP) is 2.13. The Balaban J connectivity index is 1.43. The summed E-state index contributed by atoms with van der Waals surface area (Å²) < 4.78 is 1.67. The van der Waals surface area contributed by atoms with Gasteiger partial charge >= 0.3 is 0 Å². The maximum Gasteiger partial charge on any atom is 0.258 e. The minimum absolute atomic E-state index is 0.134. The van der Waals surface area contributed by atoms with Gasteiger partial charge in [-0.1, -0.05) is 12.1 Å². The lowest BCUT2D eigenvalue weighted by Gasteiger charge is -2.19. The highest BCUT2D eigenvalue weighted by molar-refractivity contribution is 6.03. The van der Waals surface area contributed by atoms with Crippen molar-refractivity contribution >= 4 is 11.9 Å². The van der Waals surface area contributed by atoms with Crippen LogP contribution in [-0.2, 0) is 13.6 Å². The first kappa shape index (κ1) is 18.1. The number of aromatic nitrogens is 3. The summed E-state index contributed by atoms with van der Waals surface area (Å²) in [5.74, 6) is 1.58. The third-order valence-corrected chi connectivity index (χ3v) is 5.50. The van der Waals surface area contributed by atoms with E-state index >= 15 is 0 Å². The lowest BCUT2D eigenvalue weighted by Crippen LogP contribution is -2.27. The van der Waals surface area contributed by atoms with Gasteiger partial charge < -0.3 is 5.32 Å². The summed E-state index contributed by atoms with van der Waals surface area (Å²) >= 11 is 0. The van der Waals surface area contributed by atoms with Crippen molar-refractivity contribution in [2.75, 3.05) is 31.5 Å². The van der Waals surface area contributed by atoms with E-state index in [4.69, 9.17) is 0 Å². The normalized spacial score (nSPS) is 18.7. The molecule has 0 unspecified atom stereocenters. The van der Waals surface area contributed by atoms with Crippen molar-refractivity contribution in [2.24, 2.45) is 7.05 Å². The van der Waals surface area contributed by atoms with Crippen molar-refractivity contribution in [2.45, 2.75) is 38.1 Å². The van der Waals surface area contributed by atoms with Gasteiger partial charge in [-0.2, -0.15) is 10.1 Å². The molecule has 0 bridgehead atoms. The zero-order valence-corrected chi connectivity index (χ0v) is 15.9. The maximum atomic E-state index is 12.7. The number of aryl methyl sites for hydroxylation is 1. The summed E-state index contributed by atoms with van der Waals surface area (Å²) in [5, 5.41) is 10.8. The number of nitrogens with zero attached hydrogens (tertiary/aromatic N) is 4. The second-order valence-corrected chi connectivity index (χ2v) is 7.58. The molecular formula is C20H28N6O. The third-order valence-electron chi connectivity index (χ3n) is 5.50. The van der Waals surface area contributed by atoms with E-state index in [9.17, 15) is 4.79 Å². The Bertz CT molecular complexity index is 790. The minimum Gasteiger partial charge on any atom is -0.317 e. The molecule has 1 aromatic carbocycles. The van der Waals surface area contributed by atoms with E-state index in [1.54, 1.807) is 4.68 Å². The Morgan fingerprint density at radius 2 is 2.04 bits per heavy atom. The van der Waals surface area contributed by atoms with Crippen LogP contribution in [0.5, 0.6) is 0 Å². The summed E-state index contributed by atoms with van der Waals surface area (Å²) in [6.07, 6.45) is 4.61. The first-order valence-electron chi connectivity index (χ1n) is 9.93. The van der Waals surface area contributed by atoms with E-state index in [0.29, 0.717) is 17.4 Å². The van der Waals surface area contributed by atoms with Crippen molar-refractivity contribution in [1.29, 1.82) is 0 Å². The van der Waals surface area contributed by atoms with Gasteiger partial charge in [0.15, 0.2) is 5.82 Å². The maximum absolute atomic E-state index is 12.7. The molecule has 1 aromatic heterocycles. The molecule has 7 nitrogen and oxygen atoms in total. The summed E-state index contributed by atoms with van der Waals surface area (Å²) in [6, 6.07) is 7.88. The van der Waals surface area contributed by atoms with Gasteiger partial charge in [0.25, 0.3) is 5.91 Å². The topological polar surface area (TPSA) is 75.1 Å². The molecule has 0 saturated carbocycles. The van der Waals surface area contributed by atoms with Crippen LogP contribution in [0.4, 0.5) is 5.95 Å². The molecule has 0 aliphatic carbocycles. The van der Waals surface area contributed by atoms with Gasteiger partial charge in [-0.25, -0.2) is 4.68 Å². The average Bonchev–Trinajstić information content (AvgIpc) is 3.33. The van der Waals surface area contributed by atoms with Crippen LogP contribution < -0.4 is 10.6 Å². The lowest BCUT2D eigenvalue weighted by atomic mass is 9.98. The van der Waals surface area contributed by atoms with Crippen LogP contribution in [0.1, 0.15) is 53.3 Å². The first-order chi connectivity index (χ1) is 13.2. The van der Waals surface area contributed by atoms with Crippen molar-refractivity contribution in [3.8, 4) is 0 Å². The molecule has 3 heterocycles. The van der Waals surface area contributed by atoms with Crippen molar-refractivity contribution in [1.82, 2.24) is 25.0 Å². The number of hydrogen-bond acceptors (Lipinski definition) is 5. The van der Waals surface area contributed by atoms with Gasteiger partial charge in [0.2, 0.25) is 5.95 Å². The van der Waals surface area contributed by atoms with Crippen LogP contribution in [0.25, 0.3) is 0 Å². The molecule has 0 radical (unpaired) electrons. The van der Waals surface area contributed by atoms with Crippen LogP contribution in [0, 0.1) is 0 Å². The number of rotatable bonds is 5. The highest BCUT2D eigenvalue weighted by Crippen LogP contribution is 2.23. The van der Waals surface area contributed by atoms with E-state index in [1.165, 1.54) is 18.4 Å². The zero-order valence-electron chi connectivity index (χ0n) is 15.9. The summed E-state index contributed by atoms with van der Waals surface area (Å²) in [4.78, 5) is 19.7. The molecule has 2 aliphatic heterocycles. The molecule has 2 aromatic rings. The number of likely N-dealkylation sites (tertiary alicyclic amines) is 1. The average molecular weight is 368 g/mol. The highest BCUT2D eigenvalue weighted by atomic mass is 16.1. The number of piperidine rings is 1. The fraction of sp³-hybridized carbons (Fsp3) is 0.550. The SMILES string of the molecule is Cn1nc(C2CCNCC2)nc1NC(=O)c1cccc(CN2CCCC2)c1. The van der Waals surface area contributed by atoms with Crippen LogP contribution in [0.2, 0.25) is 0 Å². The van der Waals surface area contributed by atoms with E-state index in [2.05, 4.69) is 31.7 Å². The van der Waals surface area contributed by atoms with Crippen LogP contribution in [0.3, 0.4) is 0 Å². The minimum atomic E-state index is -0.134. The Hall–Kier alpha value is -2.25. The predicted molar refractivity (Wildman–Crippen MR) is 105 cm³/mol. The van der Waals surface area contributed by atoms with E-state index in [1.807, 2.05) is 25.2 Å². The van der Waals surface area contributed by atoms with E-state index < -0.39 is 0 Å². The Labute approximate surface area is 160 Å². The fourth-order valence-electron chi connectivity index (χ4n) is 3.95. The smallest absolute Gasteiger partial charge is 0.258 e. The lowest BCUT2D eigenvalue weighted by molar-refractivity contribution is 0.102. The molecule has 27 heavy (non-hydrogen) atoms. The monoisotopic (exact) mass is 368 g/mol. The number of carbonyl (C=O) groups excluding carboxylic acids is 1. The van der Waals surface area contributed by atoms with Crippen LogP contribution in [-0.4, -0.2) is 51.8 Å². The standard InChI is InChI=1S/C20H28N6O/c1-25-20(22-18(24-25)16-7-9-21-10-8-16)23-19(27)17-6-4-5-15(13-17)14-26-11-2-3-12-26/h4-6,13,16,21H,2-3,7-12,14H2,1H3,(H,22,23,24,27). The largest absolute Gasteiger partial charge is 0.317 e. The van der Waals surface area contributed by atoms with Crippen molar-refractivity contribution < 1.29 is 4.79 Å². The molecule has 1 amide bonds. The van der Waals surface area contributed by atoms with Crippen LogP contribution >= 0.6 is 0 Å².